The van der Waals surface area contributed by atoms with E-state index in [1.54, 1.807) is 0 Å². The third-order valence-electron chi connectivity index (χ3n) is 1.30. The smallest absolute Gasteiger partial charge is 0.449 e. The van der Waals surface area contributed by atoms with Crippen LogP contribution in [0.15, 0.2) is 12.3 Å². The van der Waals surface area contributed by atoms with Crippen LogP contribution in [0.2, 0.25) is 0 Å². The summed E-state index contributed by atoms with van der Waals surface area (Å²) in [5.41, 5.74) is -0.547. The fourth-order valence-electron chi connectivity index (χ4n) is 0.732. The molecule has 0 saturated carbocycles. The van der Waals surface area contributed by atoms with Gasteiger partial charge in [0, 0.05) is 6.20 Å². The second kappa shape index (κ2) is 4.56. The second-order valence-electron chi connectivity index (χ2n) is 2.30. The molecule has 0 aliphatic rings. The van der Waals surface area contributed by atoms with Gasteiger partial charge in [0.25, 0.3) is 0 Å². The van der Waals surface area contributed by atoms with Crippen molar-refractivity contribution in [2.24, 2.45) is 0 Å². The minimum atomic E-state index is -4.68. The van der Waals surface area contributed by atoms with Gasteiger partial charge in [0.15, 0.2) is 5.69 Å². The molecule has 4 nitrogen and oxygen atoms in total. The highest BCUT2D eigenvalue weighted by Crippen LogP contribution is 2.25. The van der Waals surface area contributed by atoms with Gasteiger partial charge in [0.05, 0.1) is 0 Å². The van der Waals surface area contributed by atoms with E-state index in [4.69, 9.17) is 0 Å². The molecule has 0 unspecified atom stereocenters. The molecule has 0 atom stereocenters. The van der Waals surface area contributed by atoms with Crippen LogP contribution in [-0.2, 0) is 10.9 Å². The normalized spacial score (nSPS) is 11.2. The third-order valence-corrected chi connectivity index (χ3v) is 1.53. The van der Waals surface area contributed by atoms with Gasteiger partial charge in [0.1, 0.15) is 5.52 Å². The summed E-state index contributed by atoms with van der Waals surface area (Å²) < 4.78 is 40.8. The molecule has 1 aromatic rings. The summed E-state index contributed by atoms with van der Waals surface area (Å²) in [6.07, 6.45) is -3.83. The van der Waals surface area contributed by atoms with Gasteiger partial charge in [-0.15, -0.1) is 0 Å². The SMILES string of the molecule is O=C(OCBr)c1ccnc(C(F)(F)F)n1. The maximum atomic E-state index is 12.1. The van der Waals surface area contributed by atoms with Gasteiger partial charge in [-0.1, -0.05) is 0 Å². The van der Waals surface area contributed by atoms with Gasteiger partial charge in [-0.3, -0.25) is 0 Å². The quantitative estimate of drug-likeness (QED) is 0.616. The summed E-state index contributed by atoms with van der Waals surface area (Å²) in [4.78, 5) is 17.0. The number of alkyl halides is 4. The first kappa shape index (κ1) is 11.9. The average molecular weight is 285 g/mol. The zero-order valence-electron chi connectivity index (χ0n) is 7.08. The Labute approximate surface area is 90.6 Å². The second-order valence-corrected chi connectivity index (χ2v) is 2.76. The molecule has 0 spiro atoms. The lowest BCUT2D eigenvalue weighted by Gasteiger charge is -2.05. The van der Waals surface area contributed by atoms with E-state index in [-0.39, 0.29) is 5.52 Å². The predicted molar refractivity (Wildman–Crippen MR) is 46.2 cm³/mol. The summed E-state index contributed by atoms with van der Waals surface area (Å²) in [6.45, 7) is 0. The van der Waals surface area contributed by atoms with Crippen molar-refractivity contribution in [3.63, 3.8) is 0 Å². The van der Waals surface area contributed by atoms with Gasteiger partial charge >= 0.3 is 12.1 Å². The number of rotatable bonds is 2. The van der Waals surface area contributed by atoms with Crippen LogP contribution in [0.25, 0.3) is 0 Å². The Morgan fingerprint density at radius 3 is 2.73 bits per heavy atom. The van der Waals surface area contributed by atoms with Gasteiger partial charge < -0.3 is 4.74 Å². The Balaban J connectivity index is 2.98. The van der Waals surface area contributed by atoms with Crippen LogP contribution in [0.5, 0.6) is 0 Å². The molecule has 8 heteroatoms. The standard InChI is InChI=1S/C7H4BrF3N2O2/c8-3-15-5(14)4-1-2-12-6(13-4)7(9,10)11/h1-2H,3H2. The van der Waals surface area contributed by atoms with E-state index in [0.29, 0.717) is 0 Å². The molecule has 15 heavy (non-hydrogen) atoms. The predicted octanol–water partition coefficient (Wildman–Crippen LogP) is 2.00. The lowest BCUT2D eigenvalue weighted by Crippen LogP contribution is -2.15. The number of carbonyl (C=O) groups excluding carboxylic acids is 1. The van der Waals surface area contributed by atoms with Crippen molar-refractivity contribution < 1.29 is 22.7 Å². The first-order chi connectivity index (χ1) is 6.95. The van der Waals surface area contributed by atoms with Crippen molar-refractivity contribution >= 4 is 21.9 Å². The van der Waals surface area contributed by atoms with Crippen molar-refractivity contribution in [1.82, 2.24) is 9.97 Å². The fraction of sp³-hybridized carbons (Fsp3) is 0.286. The Hall–Kier alpha value is -1.18. The zero-order valence-corrected chi connectivity index (χ0v) is 8.67. The summed E-state index contributed by atoms with van der Waals surface area (Å²) in [6, 6.07) is 1.04. The number of esters is 1. The number of hydrogen-bond acceptors (Lipinski definition) is 4. The van der Waals surface area contributed by atoms with Crippen molar-refractivity contribution in [1.29, 1.82) is 0 Å². The Bertz CT molecular complexity index is 369. The molecule has 1 rings (SSSR count). The summed E-state index contributed by atoms with van der Waals surface area (Å²) in [7, 11) is 0. The maximum Gasteiger partial charge on any atom is 0.451 e. The van der Waals surface area contributed by atoms with E-state index in [0.717, 1.165) is 12.3 Å². The minimum Gasteiger partial charge on any atom is -0.449 e. The Morgan fingerprint density at radius 2 is 2.20 bits per heavy atom. The van der Waals surface area contributed by atoms with Crippen LogP contribution in [-0.4, -0.2) is 21.5 Å². The average Bonchev–Trinajstić information content (AvgIpc) is 2.17. The molecule has 0 aromatic carbocycles. The number of hydrogen-bond donors (Lipinski definition) is 0. The van der Waals surface area contributed by atoms with Crippen molar-refractivity contribution in [2.45, 2.75) is 6.18 Å². The Kier molecular flexibility index (Phi) is 3.61. The van der Waals surface area contributed by atoms with Crippen LogP contribution in [0.3, 0.4) is 0 Å². The molecular formula is C7H4BrF3N2O2. The summed E-state index contributed by atoms with van der Waals surface area (Å²) in [5, 5.41) is 0. The van der Waals surface area contributed by atoms with E-state index in [1.807, 2.05) is 0 Å². The molecule has 1 aromatic heterocycles. The number of nitrogens with zero attached hydrogens (tertiary/aromatic N) is 2. The molecule has 0 fully saturated rings. The largest absolute Gasteiger partial charge is 0.451 e. The number of ether oxygens (including phenoxy) is 1. The molecule has 0 saturated heterocycles. The molecule has 0 aliphatic heterocycles. The van der Waals surface area contributed by atoms with E-state index in [9.17, 15) is 18.0 Å². The zero-order chi connectivity index (χ0) is 11.5. The Morgan fingerprint density at radius 1 is 1.53 bits per heavy atom. The topological polar surface area (TPSA) is 52.1 Å². The minimum absolute atomic E-state index is 0.114. The van der Waals surface area contributed by atoms with Crippen LogP contribution in [0.4, 0.5) is 13.2 Å². The van der Waals surface area contributed by atoms with E-state index >= 15 is 0 Å². The molecule has 0 N–H and O–H groups in total. The van der Waals surface area contributed by atoms with Gasteiger partial charge in [-0.25, -0.2) is 14.8 Å². The molecule has 1 heterocycles. The van der Waals surface area contributed by atoms with Crippen molar-refractivity contribution in [3.8, 4) is 0 Å². The highest BCUT2D eigenvalue weighted by atomic mass is 79.9. The number of carbonyl (C=O) groups is 1. The highest BCUT2D eigenvalue weighted by molar-refractivity contribution is 9.09. The molecule has 0 radical (unpaired) electrons. The van der Waals surface area contributed by atoms with Crippen LogP contribution in [0.1, 0.15) is 16.3 Å². The van der Waals surface area contributed by atoms with Crippen molar-refractivity contribution in [2.75, 3.05) is 5.52 Å². The number of aromatic nitrogens is 2. The molecule has 0 amide bonds. The maximum absolute atomic E-state index is 12.1. The van der Waals surface area contributed by atoms with Gasteiger partial charge in [0.2, 0.25) is 5.82 Å². The first-order valence-corrected chi connectivity index (χ1v) is 4.70. The van der Waals surface area contributed by atoms with E-state index < -0.39 is 23.7 Å². The highest BCUT2D eigenvalue weighted by Gasteiger charge is 2.35. The van der Waals surface area contributed by atoms with Gasteiger partial charge in [-0.2, -0.15) is 13.2 Å². The number of halogens is 4. The molecule has 82 valence electrons. The van der Waals surface area contributed by atoms with Crippen molar-refractivity contribution in [3.05, 3.63) is 23.8 Å². The summed E-state index contributed by atoms with van der Waals surface area (Å²) in [5.74, 6) is -2.31. The molecule has 0 aliphatic carbocycles. The van der Waals surface area contributed by atoms with E-state index in [2.05, 4.69) is 30.6 Å². The van der Waals surface area contributed by atoms with Crippen LogP contribution < -0.4 is 0 Å². The van der Waals surface area contributed by atoms with Crippen LogP contribution in [0, 0.1) is 0 Å². The first-order valence-electron chi connectivity index (χ1n) is 3.58. The van der Waals surface area contributed by atoms with Crippen LogP contribution >= 0.6 is 15.9 Å². The fourth-order valence-corrected chi connectivity index (χ4v) is 0.940. The van der Waals surface area contributed by atoms with Gasteiger partial charge in [-0.05, 0) is 22.0 Å². The molecule has 0 bridgehead atoms. The lowest BCUT2D eigenvalue weighted by atomic mass is 10.4. The summed E-state index contributed by atoms with van der Waals surface area (Å²) >= 11 is 2.80. The monoisotopic (exact) mass is 284 g/mol. The van der Waals surface area contributed by atoms with E-state index in [1.165, 1.54) is 0 Å². The molecular weight excluding hydrogens is 281 g/mol. The lowest BCUT2D eigenvalue weighted by molar-refractivity contribution is -0.145. The third kappa shape index (κ3) is 3.15.